The number of benzene rings is 2. The normalized spacial score (nSPS) is 15.0. The van der Waals surface area contributed by atoms with E-state index >= 15 is 0 Å². The van der Waals surface area contributed by atoms with Crippen LogP contribution in [-0.4, -0.2) is 41.7 Å². The number of ether oxygens (including phenoxy) is 2. The Bertz CT molecular complexity index is 1110. The number of carbonyl (C=O) groups is 1. The smallest absolute Gasteiger partial charge is 0.416 e. The minimum absolute atomic E-state index is 0.0459. The third-order valence-electron chi connectivity index (χ3n) is 5.39. The Hall–Kier alpha value is -2.95. The predicted octanol–water partition coefficient (Wildman–Crippen LogP) is 4.68. The van der Waals surface area contributed by atoms with E-state index in [1.54, 1.807) is 0 Å². The van der Waals surface area contributed by atoms with Crippen LogP contribution in [0.25, 0.3) is 0 Å². The molecular formula is C22H25F3N2O5S. The number of esters is 1. The molecular weight excluding hydrogens is 461 g/mol. The van der Waals surface area contributed by atoms with Gasteiger partial charge < -0.3 is 14.4 Å². The molecule has 1 aliphatic rings. The number of sulfonamides is 1. The van der Waals surface area contributed by atoms with Crippen LogP contribution in [0.1, 0.15) is 41.6 Å². The molecule has 0 aromatic heterocycles. The van der Waals surface area contributed by atoms with Crippen molar-refractivity contribution in [3.63, 3.8) is 0 Å². The highest BCUT2D eigenvalue weighted by molar-refractivity contribution is 7.92. The van der Waals surface area contributed by atoms with E-state index in [0.717, 1.165) is 51.0 Å². The van der Waals surface area contributed by atoms with Crippen LogP contribution in [0, 0.1) is 0 Å². The van der Waals surface area contributed by atoms with E-state index in [1.165, 1.54) is 25.3 Å². The molecule has 2 aromatic carbocycles. The second kappa shape index (κ2) is 9.90. The Kier molecular flexibility index (Phi) is 7.41. The van der Waals surface area contributed by atoms with Gasteiger partial charge in [-0.15, -0.1) is 0 Å². The van der Waals surface area contributed by atoms with Gasteiger partial charge in [-0.1, -0.05) is 12.8 Å². The van der Waals surface area contributed by atoms with Gasteiger partial charge in [-0.25, -0.2) is 13.2 Å². The van der Waals surface area contributed by atoms with Crippen LogP contribution in [0.5, 0.6) is 5.75 Å². The molecule has 1 heterocycles. The Morgan fingerprint density at radius 1 is 1.00 bits per heavy atom. The van der Waals surface area contributed by atoms with Crippen molar-refractivity contribution < 1.29 is 35.9 Å². The van der Waals surface area contributed by atoms with Crippen LogP contribution in [0.3, 0.4) is 0 Å². The lowest BCUT2D eigenvalue weighted by molar-refractivity contribution is -0.137. The van der Waals surface area contributed by atoms with E-state index in [2.05, 4.69) is 9.46 Å². The SMILES string of the molecule is COC(=O)c1ccc(OC)c(S(=O)(=O)Nc2cc(C(F)(F)F)ccc2N2CCCCCC2)c1. The van der Waals surface area contributed by atoms with Crippen LogP contribution in [0.2, 0.25) is 0 Å². The summed E-state index contributed by atoms with van der Waals surface area (Å²) in [5, 5.41) is 0. The zero-order valence-corrected chi connectivity index (χ0v) is 19.1. The summed E-state index contributed by atoms with van der Waals surface area (Å²) in [4.78, 5) is 13.4. The maximum Gasteiger partial charge on any atom is 0.416 e. The molecule has 0 aliphatic carbocycles. The molecule has 33 heavy (non-hydrogen) atoms. The molecule has 0 radical (unpaired) electrons. The summed E-state index contributed by atoms with van der Waals surface area (Å²) in [5.74, 6) is -0.836. The number of alkyl halides is 3. The topological polar surface area (TPSA) is 84.9 Å². The van der Waals surface area contributed by atoms with Gasteiger partial charge in [0.15, 0.2) is 0 Å². The van der Waals surface area contributed by atoms with Gasteiger partial charge in [0, 0.05) is 13.1 Å². The van der Waals surface area contributed by atoms with Crippen molar-refractivity contribution in [1.82, 2.24) is 0 Å². The maximum atomic E-state index is 13.4. The van der Waals surface area contributed by atoms with Crippen molar-refractivity contribution in [1.29, 1.82) is 0 Å². The fourth-order valence-electron chi connectivity index (χ4n) is 3.71. The first-order valence-corrected chi connectivity index (χ1v) is 11.8. The fraction of sp³-hybridized carbons (Fsp3) is 0.409. The predicted molar refractivity (Wildman–Crippen MR) is 117 cm³/mol. The van der Waals surface area contributed by atoms with Crippen molar-refractivity contribution in [3.8, 4) is 5.75 Å². The summed E-state index contributed by atoms with van der Waals surface area (Å²) in [5.41, 5.74) is -0.863. The minimum atomic E-state index is -4.65. The van der Waals surface area contributed by atoms with Crippen molar-refractivity contribution in [2.24, 2.45) is 0 Å². The first-order valence-electron chi connectivity index (χ1n) is 10.3. The first kappa shape index (κ1) is 24.7. The third-order valence-corrected chi connectivity index (χ3v) is 6.78. The number of anilines is 2. The van der Waals surface area contributed by atoms with Crippen LogP contribution in [-0.2, 0) is 20.9 Å². The van der Waals surface area contributed by atoms with Gasteiger partial charge in [0.05, 0.1) is 36.7 Å². The number of methoxy groups -OCH3 is 2. The molecule has 3 rings (SSSR count). The Labute approximate surface area is 190 Å². The summed E-state index contributed by atoms with van der Waals surface area (Å²) < 4.78 is 78.8. The van der Waals surface area contributed by atoms with Crippen molar-refractivity contribution in [2.75, 3.05) is 36.9 Å². The van der Waals surface area contributed by atoms with Crippen LogP contribution >= 0.6 is 0 Å². The summed E-state index contributed by atoms with van der Waals surface area (Å²) in [6, 6.07) is 6.69. The van der Waals surface area contributed by atoms with Gasteiger partial charge in [0.1, 0.15) is 10.6 Å². The van der Waals surface area contributed by atoms with E-state index in [-0.39, 0.29) is 17.0 Å². The van der Waals surface area contributed by atoms with Gasteiger partial charge in [-0.2, -0.15) is 13.2 Å². The molecule has 1 fully saturated rings. The monoisotopic (exact) mass is 486 g/mol. The standard InChI is InChI=1S/C22H25F3N2O5S/c1-31-19-10-7-15(21(28)32-2)13-20(19)33(29,30)26-17-14-16(22(23,24)25)8-9-18(17)27-11-5-3-4-6-12-27/h7-10,13-14,26H,3-6,11-12H2,1-2H3. The number of hydrogen-bond donors (Lipinski definition) is 1. The summed E-state index contributed by atoms with van der Waals surface area (Å²) in [7, 11) is -2.03. The number of rotatable bonds is 6. The lowest BCUT2D eigenvalue weighted by Gasteiger charge is -2.26. The number of halogens is 3. The molecule has 0 amide bonds. The van der Waals surface area contributed by atoms with E-state index in [9.17, 15) is 26.4 Å². The molecule has 1 aliphatic heterocycles. The molecule has 11 heteroatoms. The highest BCUT2D eigenvalue weighted by Gasteiger charge is 2.33. The number of carbonyl (C=O) groups excluding carboxylic acids is 1. The van der Waals surface area contributed by atoms with E-state index < -0.39 is 32.6 Å². The van der Waals surface area contributed by atoms with E-state index in [0.29, 0.717) is 18.8 Å². The second-order valence-corrected chi connectivity index (χ2v) is 9.24. The Balaban J connectivity index is 2.09. The van der Waals surface area contributed by atoms with Crippen LogP contribution in [0.4, 0.5) is 24.5 Å². The average Bonchev–Trinajstić information content (AvgIpc) is 3.06. The lowest BCUT2D eigenvalue weighted by Crippen LogP contribution is -2.26. The second-order valence-electron chi connectivity index (χ2n) is 7.59. The number of hydrogen-bond acceptors (Lipinski definition) is 6. The summed E-state index contributed by atoms with van der Waals surface area (Å²) in [6.45, 7) is 1.20. The summed E-state index contributed by atoms with van der Waals surface area (Å²) >= 11 is 0. The highest BCUT2D eigenvalue weighted by atomic mass is 32.2. The lowest BCUT2D eigenvalue weighted by atomic mass is 10.1. The van der Waals surface area contributed by atoms with Crippen LogP contribution < -0.4 is 14.4 Å². The van der Waals surface area contributed by atoms with Gasteiger partial charge in [-0.05, 0) is 49.2 Å². The zero-order chi connectivity index (χ0) is 24.2. The molecule has 0 saturated carbocycles. The van der Waals surface area contributed by atoms with E-state index in [4.69, 9.17) is 4.74 Å². The van der Waals surface area contributed by atoms with Crippen molar-refractivity contribution in [3.05, 3.63) is 47.5 Å². The molecule has 0 spiro atoms. The molecule has 1 saturated heterocycles. The van der Waals surface area contributed by atoms with Crippen molar-refractivity contribution >= 4 is 27.4 Å². The molecule has 7 nitrogen and oxygen atoms in total. The molecule has 0 unspecified atom stereocenters. The maximum absolute atomic E-state index is 13.4. The van der Waals surface area contributed by atoms with E-state index in [1.807, 2.05) is 4.90 Å². The first-order chi connectivity index (χ1) is 15.6. The van der Waals surface area contributed by atoms with Gasteiger partial charge in [0.2, 0.25) is 0 Å². The Morgan fingerprint density at radius 2 is 1.67 bits per heavy atom. The largest absolute Gasteiger partial charge is 0.495 e. The number of nitrogens with zero attached hydrogens (tertiary/aromatic N) is 1. The van der Waals surface area contributed by atoms with Gasteiger partial charge >= 0.3 is 12.1 Å². The molecule has 0 atom stereocenters. The van der Waals surface area contributed by atoms with Crippen LogP contribution in [0.15, 0.2) is 41.3 Å². The zero-order valence-electron chi connectivity index (χ0n) is 18.2. The average molecular weight is 487 g/mol. The van der Waals surface area contributed by atoms with Crippen molar-refractivity contribution in [2.45, 2.75) is 36.8 Å². The minimum Gasteiger partial charge on any atom is -0.495 e. The highest BCUT2D eigenvalue weighted by Crippen LogP contribution is 2.38. The molecule has 1 N–H and O–H groups in total. The molecule has 0 bridgehead atoms. The quantitative estimate of drug-likeness (QED) is 0.597. The third kappa shape index (κ3) is 5.70. The summed E-state index contributed by atoms with van der Waals surface area (Å²) in [6.07, 6.45) is -0.962. The number of nitrogens with one attached hydrogen (secondary N) is 1. The fourth-order valence-corrected chi connectivity index (χ4v) is 4.97. The molecule has 180 valence electrons. The Morgan fingerprint density at radius 3 is 2.24 bits per heavy atom. The van der Waals surface area contributed by atoms with Gasteiger partial charge in [0.25, 0.3) is 10.0 Å². The molecule has 2 aromatic rings. The van der Waals surface area contributed by atoms with Gasteiger partial charge in [-0.3, -0.25) is 4.72 Å².